The van der Waals surface area contributed by atoms with Crippen LogP contribution in [0, 0.1) is 0 Å². The summed E-state index contributed by atoms with van der Waals surface area (Å²) >= 11 is 5.82. The summed E-state index contributed by atoms with van der Waals surface area (Å²) < 4.78 is 10.8. The van der Waals surface area contributed by atoms with Crippen LogP contribution in [0.15, 0.2) is 53.1 Å². The molecule has 1 aromatic heterocycles. The maximum atomic E-state index is 12.0. The van der Waals surface area contributed by atoms with Crippen LogP contribution in [0.1, 0.15) is 19.2 Å². The lowest BCUT2D eigenvalue weighted by atomic mass is 10.2. The molecule has 1 heterocycles. The quantitative estimate of drug-likeness (QED) is 0.667. The number of anilines is 1. The third-order valence-corrected chi connectivity index (χ3v) is 3.84. The van der Waals surface area contributed by atoms with Gasteiger partial charge in [0.25, 0.3) is 0 Å². The Hall–Kier alpha value is -2.86. The Bertz CT molecular complexity index is 878. The molecule has 0 aliphatic carbocycles. The van der Waals surface area contributed by atoms with Gasteiger partial charge in [-0.25, -0.2) is 0 Å². The molecule has 2 aromatic carbocycles. The van der Waals surface area contributed by atoms with E-state index in [9.17, 15) is 4.79 Å². The van der Waals surface area contributed by atoms with Gasteiger partial charge in [0.2, 0.25) is 17.6 Å². The molecule has 3 aromatic rings. The zero-order valence-electron chi connectivity index (χ0n) is 14.2. The Balaban J connectivity index is 1.60. The van der Waals surface area contributed by atoms with Crippen molar-refractivity contribution in [2.45, 2.75) is 19.8 Å². The van der Waals surface area contributed by atoms with Gasteiger partial charge in [-0.1, -0.05) is 28.9 Å². The highest BCUT2D eigenvalue weighted by molar-refractivity contribution is 6.30. The van der Waals surface area contributed by atoms with E-state index >= 15 is 0 Å². The third-order valence-electron chi connectivity index (χ3n) is 3.59. The first-order valence-electron chi connectivity index (χ1n) is 8.26. The monoisotopic (exact) mass is 371 g/mol. The minimum atomic E-state index is -0.137. The highest BCUT2D eigenvalue weighted by Crippen LogP contribution is 2.27. The molecular formula is C19H18ClN3O3. The van der Waals surface area contributed by atoms with Crippen molar-refractivity contribution in [2.24, 2.45) is 0 Å². The van der Waals surface area contributed by atoms with E-state index in [0.29, 0.717) is 41.2 Å². The highest BCUT2D eigenvalue weighted by atomic mass is 35.5. The number of halogens is 1. The molecule has 0 aliphatic rings. The summed E-state index contributed by atoms with van der Waals surface area (Å²) in [6, 6.07) is 14.4. The number of carbonyl (C=O) groups excluding carboxylic acids is 1. The SMILES string of the molecule is CCOc1ccccc1-c1noc(CCC(=O)Nc2ccc(Cl)cc2)n1. The van der Waals surface area contributed by atoms with E-state index < -0.39 is 0 Å². The third kappa shape index (κ3) is 4.61. The van der Waals surface area contributed by atoms with E-state index in [4.69, 9.17) is 20.9 Å². The average Bonchev–Trinajstić information content (AvgIpc) is 3.12. The van der Waals surface area contributed by atoms with E-state index in [1.807, 2.05) is 31.2 Å². The normalized spacial score (nSPS) is 10.5. The topological polar surface area (TPSA) is 77.2 Å². The molecule has 0 saturated carbocycles. The Kier molecular flexibility index (Phi) is 5.86. The maximum absolute atomic E-state index is 12.0. The second-order valence-electron chi connectivity index (χ2n) is 5.50. The summed E-state index contributed by atoms with van der Waals surface area (Å²) in [5.74, 6) is 1.41. The molecule has 0 unspecified atom stereocenters. The van der Waals surface area contributed by atoms with Gasteiger partial charge in [0.15, 0.2) is 0 Å². The van der Waals surface area contributed by atoms with Crippen molar-refractivity contribution in [2.75, 3.05) is 11.9 Å². The Labute approximate surface area is 156 Å². The molecule has 0 saturated heterocycles. The van der Waals surface area contributed by atoms with Crippen molar-refractivity contribution in [1.29, 1.82) is 0 Å². The van der Waals surface area contributed by atoms with Crippen molar-refractivity contribution in [1.82, 2.24) is 10.1 Å². The molecule has 7 heteroatoms. The average molecular weight is 372 g/mol. The number of aryl methyl sites for hydroxylation is 1. The van der Waals surface area contributed by atoms with Crippen molar-refractivity contribution in [3.63, 3.8) is 0 Å². The molecule has 0 aliphatic heterocycles. The van der Waals surface area contributed by atoms with Crippen LogP contribution in [0.25, 0.3) is 11.4 Å². The van der Waals surface area contributed by atoms with Crippen molar-refractivity contribution in [3.05, 3.63) is 59.4 Å². The van der Waals surface area contributed by atoms with Crippen LogP contribution in [0.5, 0.6) is 5.75 Å². The van der Waals surface area contributed by atoms with Gasteiger partial charge in [-0.3, -0.25) is 4.79 Å². The zero-order chi connectivity index (χ0) is 18.4. The van der Waals surface area contributed by atoms with Gasteiger partial charge in [0.05, 0.1) is 12.2 Å². The van der Waals surface area contributed by atoms with Crippen LogP contribution in [-0.2, 0) is 11.2 Å². The highest BCUT2D eigenvalue weighted by Gasteiger charge is 2.14. The number of aromatic nitrogens is 2. The molecule has 0 fully saturated rings. The zero-order valence-corrected chi connectivity index (χ0v) is 15.0. The summed E-state index contributed by atoms with van der Waals surface area (Å²) in [4.78, 5) is 16.4. The Morgan fingerprint density at radius 3 is 2.73 bits per heavy atom. The molecule has 134 valence electrons. The number of carbonyl (C=O) groups is 1. The number of hydrogen-bond acceptors (Lipinski definition) is 5. The van der Waals surface area contributed by atoms with Gasteiger partial charge in [-0.15, -0.1) is 0 Å². The van der Waals surface area contributed by atoms with Crippen LogP contribution in [0.4, 0.5) is 5.69 Å². The van der Waals surface area contributed by atoms with E-state index in [2.05, 4.69) is 15.5 Å². The van der Waals surface area contributed by atoms with Crippen LogP contribution in [-0.4, -0.2) is 22.7 Å². The second kappa shape index (κ2) is 8.49. The lowest BCUT2D eigenvalue weighted by Crippen LogP contribution is -2.12. The summed E-state index contributed by atoms with van der Waals surface area (Å²) in [5.41, 5.74) is 1.45. The predicted octanol–water partition coefficient (Wildman–Crippen LogP) is 4.36. The summed E-state index contributed by atoms with van der Waals surface area (Å²) in [5, 5.41) is 7.40. The number of rotatable bonds is 7. The predicted molar refractivity (Wildman–Crippen MR) is 99.3 cm³/mol. The number of para-hydroxylation sites is 1. The summed E-state index contributed by atoms with van der Waals surface area (Å²) in [6.45, 7) is 2.46. The fourth-order valence-corrected chi connectivity index (χ4v) is 2.50. The van der Waals surface area contributed by atoms with Crippen LogP contribution >= 0.6 is 11.6 Å². The molecule has 26 heavy (non-hydrogen) atoms. The second-order valence-corrected chi connectivity index (χ2v) is 5.93. The number of nitrogens with zero attached hydrogens (tertiary/aromatic N) is 2. The van der Waals surface area contributed by atoms with Gasteiger partial charge in [0, 0.05) is 23.6 Å². The molecule has 1 N–H and O–H groups in total. The molecule has 0 bridgehead atoms. The fourth-order valence-electron chi connectivity index (χ4n) is 2.38. The van der Waals surface area contributed by atoms with Crippen LogP contribution in [0.3, 0.4) is 0 Å². The first-order valence-corrected chi connectivity index (χ1v) is 8.63. The molecule has 0 radical (unpaired) electrons. The van der Waals surface area contributed by atoms with Gasteiger partial charge >= 0.3 is 0 Å². The number of ether oxygens (including phenoxy) is 1. The first-order chi connectivity index (χ1) is 12.7. The number of hydrogen-bond donors (Lipinski definition) is 1. The molecule has 1 amide bonds. The molecule has 6 nitrogen and oxygen atoms in total. The van der Waals surface area contributed by atoms with E-state index in [1.54, 1.807) is 24.3 Å². The first kappa shape index (κ1) is 17.9. The minimum absolute atomic E-state index is 0.137. The van der Waals surface area contributed by atoms with Gasteiger partial charge in [0.1, 0.15) is 5.75 Å². The summed E-state index contributed by atoms with van der Waals surface area (Å²) in [7, 11) is 0. The van der Waals surface area contributed by atoms with E-state index in [1.165, 1.54) is 0 Å². The van der Waals surface area contributed by atoms with Crippen molar-refractivity contribution < 1.29 is 14.1 Å². The molecule has 0 atom stereocenters. The Morgan fingerprint density at radius 1 is 1.19 bits per heavy atom. The molecule has 3 rings (SSSR count). The number of nitrogens with one attached hydrogen (secondary N) is 1. The van der Waals surface area contributed by atoms with Crippen LogP contribution < -0.4 is 10.1 Å². The van der Waals surface area contributed by atoms with E-state index in [-0.39, 0.29) is 12.3 Å². The largest absolute Gasteiger partial charge is 0.493 e. The lowest BCUT2D eigenvalue weighted by Gasteiger charge is -2.06. The van der Waals surface area contributed by atoms with Crippen molar-refractivity contribution >= 4 is 23.2 Å². The number of benzene rings is 2. The smallest absolute Gasteiger partial charge is 0.227 e. The standard InChI is InChI=1S/C19H18ClN3O3/c1-2-25-16-6-4-3-5-15(16)19-22-18(26-23-19)12-11-17(24)21-14-9-7-13(20)8-10-14/h3-10H,2,11-12H2,1H3,(H,21,24). The van der Waals surface area contributed by atoms with Gasteiger partial charge in [-0.2, -0.15) is 4.98 Å². The van der Waals surface area contributed by atoms with Crippen LogP contribution in [0.2, 0.25) is 5.02 Å². The maximum Gasteiger partial charge on any atom is 0.227 e. The fraction of sp³-hybridized carbons (Fsp3) is 0.211. The van der Waals surface area contributed by atoms with E-state index in [0.717, 1.165) is 5.56 Å². The lowest BCUT2D eigenvalue weighted by molar-refractivity contribution is -0.116. The molecular weight excluding hydrogens is 354 g/mol. The van der Waals surface area contributed by atoms with Crippen molar-refractivity contribution in [3.8, 4) is 17.1 Å². The Morgan fingerprint density at radius 2 is 1.96 bits per heavy atom. The van der Waals surface area contributed by atoms with Gasteiger partial charge < -0.3 is 14.6 Å². The van der Waals surface area contributed by atoms with Gasteiger partial charge in [-0.05, 0) is 43.3 Å². The minimum Gasteiger partial charge on any atom is -0.493 e. The summed E-state index contributed by atoms with van der Waals surface area (Å²) in [6.07, 6.45) is 0.584. The molecule has 0 spiro atoms. The number of amides is 1.